The van der Waals surface area contributed by atoms with Crippen molar-refractivity contribution in [1.29, 1.82) is 0 Å². The van der Waals surface area contributed by atoms with Crippen LogP contribution < -0.4 is 0 Å². The highest BCUT2D eigenvalue weighted by atomic mass is 35.5. The molecule has 27 heavy (non-hydrogen) atoms. The molecule has 2 aliphatic heterocycles. The zero-order chi connectivity index (χ0) is 19.8. The van der Waals surface area contributed by atoms with Crippen LogP contribution in [0.15, 0.2) is 12.1 Å². The summed E-state index contributed by atoms with van der Waals surface area (Å²) in [5.41, 5.74) is 1.43. The van der Waals surface area contributed by atoms with E-state index in [0.29, 0.717) is 23.6 Å². The fraction of sp³-hybridized carbons (Fsp3) is 0.684. The molecule has 2 saturated heterocycles. The van der Waals surface area contributed by atoms with E-state index in [2.05, 4.69) is 4.98 Å². The first-order chi connectivity index (χ1) is 12.7. The number of carbonyl (C=O) groups is 1. The first-order valence-electron chi connectivity index (χ1n) is 9.06. The molecule has 0 radical (unpaired) electrons. The van der Waals surface area contributed by atoms with Gasteiger partial charge in [0.2, 0.25) is 0 Å². The number of esters is 1. The summed E-state index contributed by atoms with van der Waals surface area (Å²) in [7, 11) is 0. The summed E-state index contributed by atoms with van der Waals surface area (Å²) in [4.78, 5) is 16.7. The second-order valence-electron chi connectivity index (χ2n) is 7.47. The van der Waals surface area contributed by atoms with Crippen LogP contribution in [0, 0.1) is 0 Å². The molecule has 3 atom stereocenters. The monoisotopic (exact) mass is 399 g/mol. The topological polar surface area (TPSA) is 76.1 Å². The van der Waals surface area contributed by atoms with Gasteiger partial charge in [-0.25, -0.2) is 4.79 Å². The highest BCUT2D eigenvalue weighted by Gasteiger charge is 2.50. The quantitative estimate of drug-likeness (QED) is 0.555. The van der Waals surface area contributed by atoms with E-state index in [1.165, 1.54) is 0 Å². The Balaban J connectivity index is 1.89. The van der Waals surface area contributed by atoms with E-state index in [4.69, 9.17) is 35.3 Å². The van der Waals surface area contributed by atoms with Crippen LogP contribution in [0.3, 0.4) is 0 Å². The number of nitrogens with zero attached hydrogens (tertiary/aromatic N) is 1. The van der Waals surface area contributed by atoms with Gasteiger partial charge in [0, 0.05) is 0 Å². The van der Waals surface area contributed by atoms with Crippen LogP contribution in [-0.2, 0) is 29.6 Å². The molecule has 1 aromatic heterocycles. The fourth-order valence-electron chi connectivity index (χ4n) is 3.34. The number of hydrogen-bond acceptors (Lipinski definition) is 7. The van der Waals surface area contributed by atoms with Crippen LogP contribution in [0.5, 0.6) is 0 Å². The SMILES string of the molecule is CCOC(=O)c1ccc([C@@H]2OC(C)(C)O[C@H]2[C@@H]2COC(C)(C)O2)nc1CCl. The molecular formula is C19H26ClNO6. The van der Waals surface area contributed by atoms with E-state index < -0.39 is 29.8 Å². The second-order valence-corrected chi connectivity index (χ2v) is 7.74. The molecule has 0 spiro atoms. The molecule has 2 fully saturated rings. The summed E-state index contributed by atoms with van der Waals surface area (Å²) in [5.74, 6) is -1.83. The summed E-state index contributed by atoms with van der Waals surface area (Å²) in [6.07, 6.45) is -1.16. The molecule has 2 aliphatic rings. The van der Waals surface area contributed by atoms with Gasteiger partial charge in [-0.1, -0.05) is 0 Å². The lowest BCUT2D eigenvalue weighted by Gasteiger charge is -2.24. The van der Waals surface area contributed by atoms with Gasteiger partial charge in [-0.15, -0.1) is 11.6 Å². The minimum Gasteiger partial charge on any atom is -0.462 e. The number of rotatable bonds is 5. The molecule has 0 aliphatic carbocycles. The molecule has 7 nitrogen and oxygen atoms in total. The second kappa shape index (κ2) is 7.64. The summed E-state index contributed by atoms with van der Waals surface area (Å²) < 4.78 is 28.9. The van der Waals surface area contributed by atoms with Gasteiger partial charge in [0.1, 0.15) is 18.3 Å². The van der Waals surface area contributed by atoms with Gasteiger partial charge in [-0.2, -0.15) is 0 Å². The predicted octanol–water partition coefficient (Wildman–Crippen LogP) is 3.34. The molecule has 1 aromatic rings. The van der Waals surface area contributed by atoms with Crippen molar-refractivity contribution in [2.45, 2.75) is 70.4 Å². The highest BCUT2D eigenvalue weighted by molar-refractivity contribution is 6.17. The van der Waals surface area contributed by atoms with Crippen LogP contribution in [0.2, 0.25) is 0 Å². The summed E-state index contributed by atoms with van der Waals surface area (Å²) in [6.45, 7) is 9.85. The number of aromatic nitrogens is 1. The molecule has 0 unspecified atom stereocenters. The van der Waals surface area contributed by atoms with E-state index in [1.807, 2.05) is 27.7 Å². The molecule has 0 N–H and O–H groups in total. The van der Waals surface area contributed by atoms with Gasteiger partial charge < -0.3 is 23.7 Å². The number of alkyl halides is 1. The molecule has 150 valence electrons. The summed E-state index contributed by atoms with van der Waals surface area (Å²) >= 11 is 6.02. The molecule has 3 heterocycles. The van der Waals surface area contributed by atoms with Crippen molar-refractivity contribution in [3.05, 3.63) is 29.1 Å². The zero-order valence-electron chi connectivity index (χ0n) is 16.3. The molecule has 0 amide bonds. The van der Waals surface area contributed by atoms with Crippen molar-refractivity contribution in [2.24, 2.45) is 0 Å². The van der Waals surface area contributed by atoms with E-state index in [9.17, 15) is 4.79 Å². The Hall–Kier alpha value is -1.25. The maximum absolute atomic E-state index is 12.1. The minimum absolute atomic E-state index is 0.0830. The summed E-state index contributed by atoms with van der Waals surface area (Å²) in [6, 6.07) is 3.41. The molecule has 0 saturated carbocycles. The number of hydrogen-bond donors (Lipinski definition) is 0. The Morgan fingerprint density at radius 3 is 2.56 bits per heavy atom. The number of carbonyl (C=O) groups excluding carboxylic acids is 1. The maximum atomic E-state index is 12.1. The lowest BCUT2D eigenvalue weighted by molar-refractivity contribution is -0.174. The normalized spacial score (nSPS) is 29.0. The van der Waals surface area contributed by atoms with Crippen molar-refractivity contribution >= 4 is 17.6 Å². The van der Waals surface area contributed by atoms with Gasteiger partial charge in [-0.3, -0.25) is 4.98 Å². The number of halogens is 1. The average molecular weight is 400 g/mol. The lowest BCUT2D eigenvalue weighted by Crippen LogP contribution is -2.35. The molecule has 0 bridgehead atoms. The van der Waals surface area contributed by atoms with Crippen LogP contribution in [0.1, 0.15) is 62.5 Å². The fourth-order valence-corrected chi connectivity index (χ4v) is 3.54. The van der Waals surface area contributed by atoms with Gasteiger partial charge in [0.25, 0.3) is 0 Å². The van der Waals surface area contributed by atoms with Crippen LogP contribution in [0.4, 0.5) is 0 Å². The first kappa shape index (κ1) is 20.5. The Kier molecular flexibility index (Phi) is 5.80. The van der Waals surface area contributed by atoms with E-state index in [-0.39, 0.29) is 18.6 Å². The van der Waals surface area contributed by atoms with Crippen LogP contribution in [-0.4, -0.2) is 47.9 Å². The third-order valence-electron chi connectivity index (χ3n) is 4.44. The van der Waals surface area contributed by atoms with Crippen molar-refractivity contribution in [2.75, 3.05) is 13.2 Å². The highest BCUT2D eigenvalue weighted by Crippen LogP contribution is 2.42. The maximum Gasteiger partial charge on any atom is 0.340 e. The smallest absolute Gasteiger partial charge is 0.340 e. The Labute approximate surface area is 164 Å². The standard InChI is InChI=1S/C19H26ClNO6/c1-6-23-17(22)11-7-8-12(21-13(11)9-20)15-16(27-19(4,5)26-15)14-10-24-18(2,3)25-14/h7-8,14-16H,6,9-10H2,1-5H3/t14-,15-,16-/m0/s1. The number of ether oxygens (including phenoxy) is 5. The molecular weight excluding hydrogens is 374 g/mol. The van der Waals surface area contributed by atoms with Crippen molar-refractivity contribution < 1.29 is 28.5 Å². The van der Waals surface area contributed by atoms with Gasteiger partial charge in [-0.05, 0) is 46.8 Å². The number of pyridine rings is 1. The van der Waals surface area contributed by atoms with E-state index in [0.717, 1.165) is 0 Å². The molecule has 8 heteroatoms. The van der Waals surface area contributed by atoms with E-state index >= 15 is 0 Å². The van der Waals surface area contributed by atoms with Gasteiger partial charge >= 0.3 is 5.97 Å². The minimum atomic E-state index is -0.798. The Morgan fingerprint density at radius 2 is 1.96 bits per heavy atom. The largest absolute Gasteiger partial charge is 0.462 e. The van der Waals surface area contributed by atoms with Gasteiger partial charge in [0.05, 0.1) is 36.0 Å². The Bertz CT molecular complexity index is 707. The van der Waals surface area contributed by atoms with Crippen molar-refractivity contribution in [1.82, 2.24) is 4.98 Å². The molecule has 0 aromatic carbocycles. The average Bonchev–Trinajstić information content (AvgIpc) is 3.13. The molecule has 3 rings (SSSR count). The first-order valence-corrected chi connectivity index (χ1v) is 9.59. The van der Waals surface area contributed by atoms with Gasteiger partial charge in [0.15, 0.2) is 11.6 Å². The van der Waals surface area contributed by atoms with Crippen molar-refractivity contribution in [3.8, 4) is 0 Å². The lowest BCUT2D eigenvalue weighted by atomic mass is 10.0. The van der Waals surface area contributed by atoms with Crippen LogP contribution >= 0.6 is 11.6 Å². The van der Waals surface area contributed by atoms with Crippen molar-refractivity contribution in [3.63, 3.8) is 0 Å². The summed E-state index contributed by atoms with van der Waals surface area (Å²) in [5, 5.41) is 0. The van der Waals surface area contributed by atoms with E-state index in [1.54, 1.807) is 19.1 Å². The Morgan fingerprint density at radius 1 is 1.22 bits per heavy atom. The predicted molar refractivity (Wildman–Crippen MR) is 97.4 cm³/mol. The third-order valence-corrected chi connectivity index (χ3v) is 4.69. The third kappa shape index (κ3) is 4.43. The van der Waals surface area contributed by atoms with Crippen LogP contribution in [0.25, 0.3) is 0 Å². The zero-order valence-corrected chi connectivity index (χ0v) is 17.0.